The number of nitrogens with zero attached hydrogens (tertiary/aromatic N) is 1. The molecule has 0 bridgehead atoms. The summed E-state index contributed by atoms with van der Waals surface area (Å²) in [6, 6.07) is 0. The molecule has 0 aromatic carbocycles. The van der Waals surface area contributed by atoms with Gasteiger partial charge >= 0.3 is 5.97 Å². The third-order valence-corrected chi connectivity index (χ3v) is 1.26. The molecule has 0 aliphatic heterocycles. The zero-order chi connectivity index (χ0) is 7.56. The van der Waals surface area contributed by atoms with Crippen molar-refractivity contribution in [2.24, 2.45) is 0 Å². The molecule has 0 saturated carbocycles. The smallest absolute Gasteiger partial charge is 0.309 e. The second-order valence-electron chi connectivity index (χ2n) is 2.10. The number of hydrogen-bond donors (Lipinski definition) is 2. The molecule has 1 aromatic rings. The number of carboxylic acids is 1. The Kier molecular flexibility index (Phi) is 1.71. The third kappa shape index (κ3) is 1.34. The topological polar surface area (TPSA) is 66.0 Å². The lowest BCUT2D eigenvalue weighted by molar-refractivity contribution is -0.136. The first-order valence-electron chi connectivity index (χ1n) is 2.91. The van der Waals surface area contributed by atoms with Gasteiger partial charge in [0.25, 0.3) is 0 Å². The van der Waals surface area contributed by atoms with Gasteiger partial charge in [0.1, 0.15) is 0 Å². The lowest BCUT2D eigenvalue weighted by Crippen LogP contribution is -2.01. The van der Waals surface area contributed by atoms with Crippen molar-refractivity contribution >= 4 is 5.97 Å². The quantitative estimate of drug-likeness (QED) is 0.622. The molecule has 4 heteroatoms. The summed E-state index contributed by atoms with van der Waals surface area (Å²) in [6.07, 6.45) is 1.63. The molecular formula is C6H8N2O2. The minimum atomic E-state index is -0.840. The van der Waals surface area contributed by atoms with E-state index >= 15 is 0 Å². The first-order chi connectivity index (χ1) is 4.70. The number of aliphatic carboxylic acids is 1. The predicted octanol–water partition coefficient (Wildman–Crippen LogP) is 0.345. The Labute approximate surface area is 57.9 Å². The number of hydrogen-bond acceptors (Lipinski definition) is 2. The Bertz CT molecular complexity index is 242. The van der Waals surface area contributed by atoms with E-state index in [2.05, 4.69) is 10.2 Å². The number of rotatable bonds is 2. The Hall–Kier alpha value is -1.32. The van der Waals surface area contributed by atoms with Crippen molar-refractivity contribution in [1.29, 1.82) is 0 Å². The van der Waals surface area contributed by atoms with Gasteiger partial charge in [-0.3, -0.25) is 9.89 Å². The van der Waals surface area contributed by atoms with Gasteiger partial charge in [0, 0.05) is 5.69 Å². The van der Waals surface area contributed by atoms with Gasteiger partial charge in [0.05, 0.1) is 12.6 Å². The van der Waals surface area contributed by atoms with Crippen molar-refractivity contribution in [2.45, 2.75) is 13.3 Å². The van der Waals surface area contributed by atoms with Gasteiger partial charge in [-0.25, -0.2) is 0 Å². The SMILES string of the molecule is Cc1cn[nH]c1CC(=O)O. The van der Waals surface area contributed by atoms with Crippen molar-refractivity contribution in [3.63, 3.8) is 0 Å². The molecule has 54 valence electrons. The van der Waals surface area contributed by atoms with E-state index in [0.717, 1.165) is 5.56 Å². The van der Waals surface area contributed by atoms with E-state index in [4.69, 9.17) is 5.11 Å². The fourth-order valence-corrected chi connectivity index (χ4v) is 0.703. The Balaban J connectivity index is 2.74. The molecule has 4 nitrogen and oxygen atoms in total. The molecule has 0 amide bonds. The van der Waals surface area contributed by atoms with E-state index in [1.165, 1.54) is 0 Å². The van der Waals surface area contributed by atoms with Gasteiger partial charge in [-0.15, -0.1) is 0 Å². The van der Waals surface area contributed by atoms with E-state index in [-0.39, 0.29) is 6.42 Å². The summed E-state index contributed by atoms with van der Waals surface area (Å²) in [7, 11) is 0. The molecule has 2 N–H and O–H groups in total. The van der Waals surface area contributed by atoms with Crippen LogP contribution >= 0.6 is 0 Å². The fourth-order valence-electron chi connectivity index (χ4n) is 0.703. The van der Waals surface area contributed by atoms with Crippen molar-refractivity contribution in [2.75, 3.05) is 0 Å². The molecule has 10 heavy (non-hydrogen) atoms. The molecule has 0 radical (unpaired) electrons. The first-order valence-corrected chi connectivity index (χ1v) is 2.91. The maximum atomic E-state index is 10.2. The second-order valence-corrected chi connectivity index (χ2v) is 2.10. The Morgan fingerprint density at radius 1 is 1.90 bits per heavy atom. The average molecular weight is 140 g/mol. The lowest BCUT2D eigenvalue weighted by Gasteiger charge is -1.90. The van der Waals surface area contributed by atoms with Crippen LogP contribution in [0.3, 0.4) is 0 Å². The van der Waals surface area contributed by atoms with E-state index < -0.39 is 5.97 Å². The summed E-state index contributed by atoms with van der Waals surface area (Å²) in [6.45, 7) is 1.82. The number of nitrogens with one attached hydrogen (secondary N) is 1. The molecular weight excluding hydrogens is 132 g/mol. The third-order valence-electron chi connectivity index (χ3n) is 1.26. The van der Waals surface area contributed by atoms with Crippen LogP contribution in [0.25, 0.3) is 0 Å². The van der Waals surface area contributed by atoms with Crippen LogP contribution in [0.4, 0.5) is 0 Å². The molecule has 1 heterocycles. The van der Waals surface area contributed by atoms with Crippen LogP contribution in [-0.2, 0) is 11.2 Å². The minimum absolute atomic E-state index is 0.0197. The highest BCUT2D eigenvalue weighted by atomic mass is 16.4. The highest BCUT2D eigenvalue weighted by Gasteiger charge is 2.03. The second kappa shape index (κ2) is 2.51. The molecule has 0 unspecified atom stereocenters. The number of carbonyl (C=O) groups is 1. The minimum Gasteiger partial charge on any atom is -0.481 e. The van der Waals surface area contributed by atoms with Gasteiger partial charge in [-0.05, 0) is 12.5 Å². The molecule has 0 fully saturated rings. The van der Waals surface area contributed by atoms with E-state index in [1.807, 2.05) is 6.92 Å². The zero-order valence-corrected chi connectivity index (χ0v) is 5.59. The molecule has 1 rings (SSSR count). The molecule has 0 saturated heterocycles. The summed E-state index contributed by atoms with van der Waals surface area (Å²) in [4.78, 5) is 10.2. The van der Waals surface area contributed by atoms with Crippen LogP contribution in [0, 0.1) is 6.92 Å². The highest BCUT2D eigenvalue weighted by Crippen LogP contribution is 2.01. The average Bonchev–Trinajstić information content (AvgIpc) is 2.15. The largest absolute Gasteiger partial charge is 0.481 e. The van der Waals surface area contributed by atoms with Crippen LogP contribution in [-0.4, -0.2) is 21.3 Å². The Morgan fingerprint density at radius 3 is 3.00 bits per heavy atom. The van der Waals surface area contributed by atoms with Crippen LogP contribution in [0.5, 0.6) is 0 Å². The molecule has 0 spiro atoms. The summed E-state index contributed by atoms with van der Waals surface area (Å²) in [5.41, 5.74) is 1.56. The maximum Gasteiger partial charge on any atom is 0.309 e. The maximum absolute atomic E-state index is 10.2. The van der Waals surface area contributed by atoms with Gasteiger partial charge in [0.15, 0.2) is 0 Å². The molecule has 0 atom stereocenters. The van der Waals surface area contributed by atoms with Crippen LogP contribution in [0.2, 0.25) is 0 Å². The number of aryl methyl sites for hydroxylation is 1. The standard InChI is InChI=1S/C6H8N2O2/c1-4-3-7-8-5(4)2-6(9)10/h3H,2H2,1H3,(H,7,8)(H,9,10). The fraction of sp³-hybridized carbons (Fsp3) is 0.333. The lowest BCUT2D eigenvalue weighted by atomic mass is 10.2. The van der Waals surface area contributed by atoms with Gasteiger partial charge in [0.2, 0.25) is 0 Å². The van der Waals surface area contributed by atoms with Crippen LogP contribution in [0.1, 0.15) is 11.3 Å². The van der Waals surface area contributed by atoms with Crippen LogP contribution in [0.15, 0.2) is 6.20 Å². The molecule has 0 aliphatic rings. The van der Waals surface area contributed by atoms with Crippen molar-refractivity contribution in [1.82, 2.24) is 10.2 Å². The zero-order valence-electron chi connectivity index (χ0n) is 5.59. The van der Waals surface area contributed by atoms with Crippen molar-refractivity contribution < 1.29 is 9.90 Å². The van der Waals surface area contributed by atoms with Gasteiger partial charge < -0.3 is 5.11 Å². The predicted molar refractivity (Wildman–Crippen MR) is 34.7 cm³/mol. The number of aromatic nitrogens is 2. The summed E-state index contributed by atoms with van der Waals surface area (Å²) >= 11 is 0. The molecule has 1 aromatic heterocycles. The number of H-pyrrole nitrogens is 1. The normalized spacial score (nSPS) is 9.70. The Morgan fingerprint density at radius 2 is 2.60 bits per heavy atom. The molecule has 0 aliphatic carbocycles. The number of aromatic amines is 1. The van der Waals surface area contributed by atoms with E-state index in [1.54, 1.807) is 6.20 Å². The van der Waals surface area contributed by atoms with Crippen molar-refractivity contribution in [3.05, 3.63) is 17.5 Å². The van der Waals surface area contributed by atoms with Gasteiger partial charge in [-0.2, -0.15) is 5.10 Å². The van der Waals surface area contributed by atoms with E-state index in [9.17, 15) is 4.79 Å². The summed E-state index contributed by atoms with van der Waals surface area (Å²) < 4.78 is 0. The van der Waals surface area contributed by atoms with Crippen LogP contribution < -0.4 is 0 Å². The van der Waals surface area contributed by atoms with Gasteiger partial charge in [-0.1, -0.05) is 0 Å². The monoisotopic (exact) mass is 140 g/mol. The van der Waals surface area contributed by atoms with E-state index in [0.29, 0.717) is 5.69 Å². The summed E-state index contributed by atoms with van der Waals surface area (Å²) in [5.74, 6) is -0.840. The van der Waals surface area contributed by atoms with Crippen molar-refractivity contribution in [3.8, 4) is 0 Å². The summed E-state index contributed by atoms with van der Waals surface area (Å²) in [5, 5.41) is 14.7. The number of carboxylic acid groups (broad SMARTS) is 1. The highest BCUT2D eigenvalue weighted by molar-refractivity contribution is 5.69. The first kappa shape index (κ1) is 6.80.